The average Bonchev–Trinajstić information content (AvgIpc) is 2.08. The van der Waals surface area contributed by atoms with Crippen LogP contribution in [0.5, 0.6) is 5.75 Å². The van der Waals surface area contributed by atoms with Crippen LogP contribution in [0.15, 0.2) is 12.1 Å². The molecule has 4 nitrogen and oxygen atoms in total. The minimum Gasteiger partial charge on any atom is -0.496 e. The van der Waals surface area contributed by atoms with Gasteiger partial charge in [0, 0.05) is 17.3 Å². The summed E-state index contributed by atoms with van der Waals surface area (Å²) in [5.74, 6) is 0.512. The van der Waals surface area contributed by atoms with Gasteiger partial charge >= 0.3 is 0 Å². The predicted molar refractivity (Wildman–Crippen MR) is 51.3 cm³/mol. The molecule has 0 heterocycles. The summed E-state index contributed by atoms with van der Waals surface area (Å²) in [7, 11) is 1.51. The molecule has 1 unspecified atom stereocenters. The van der Waals surface area contributed by atoms with Crippen molar-refractivity contribution >= 4 is 5.69 Å². The molecular formula is C9H14N2O2. The SMILES string of the molecule is COc1cc(N)c(C)cc1C(N)O. The summed E-state index contributed by atoms with van der Waals surface area (Å²) in [6, 6.07) is 3.37. The molecule has 1 aromatic rings. The van der Waals surface area contributed by atoms with Gasteiger partial charge in [0.1, 0.15) is 12.0 Å². The van der Waals surface area contributed by atoms with Gasteiger partial charge in [0.25, 0.3) is 0 Å². The molecule has 1 rings (SSSR count). The highest BCUT2D eigenvalue weighted by Gasteiger charge is 2.10. The van der Waals surface area contributed by atoms with Crippen molar-refractivity contribution in [3.63, 3.8) is 0 Å². The number of methoxy groups -OCH3 is 1. The van der Waals surface area contributed by atoms with Crippen LogP contribution in [0.25, 0.3) is 0 Å². The van der Waals surface area contributed by atoms with Crippen LogP contribution >= 0.6 is 0 Å². The van der Waals surface area contributed by atoms with Crippen molar-refractivity contribution < 1.29 is 9.84 Å². The topological polar surface area (TPSA) is 81.5 Å². The number of anilines is 1. The number of hydrogen-bond donors (Lipinski definition) is 3. The molecular weight excluding hydrogens is 168 g/mol. The van der Waals surface area contributed by atoms with Crippen molar-refractivity contribution in [2.24, 2.45) is 5.73 Å². The van der Waals surface area contributed by atoms with Gasteiger partial charge in [-0.25, -0.2) is 0 Å². The first-order valence-corrected chi connectivity index (χ1v) is 3.94. The van der Waals surface area contributed by atoms with E-state index in [4.69, 9.17) is 16.2 Å². The smallest absolute Gasteiger partial charge is 0.132 e. The molecule has 0 aliphatic heterocycles. The van der Waals surface area contributed by atoms with E-state index in [1.54, 1.807) is 12.1 Å². The van der Waals surface area contributed by atoms with Crippen LogP contribution < -0.4 is 16.2 Å². The van der Waals surface area contributed by atoms with Gasteiger partial charge < -0.3 is 21.3 Å². The molecule has 1 aromatic carbocycles. The Balaban J connectivity index is 3.25. The fraction of sp³-hybridized carbons (Fsp3) is 0.333. The lowest BCUT2D eigenvalue weighted by Crippen LogP contribution is -2.11. The number of nitrogen functional groups attached to an aromatic ring is 1. The summed E-state index contributed by atoms with van der Waals surface area (Å²) in [6.07, 6.45) is -1.03. The summed E-state index contributed by atoms with van der Waals surface area (Å²) in [6.45, 7) is 1.85. The van der Waals surface area contributed by atoms with Crippen LogP contribution in [0.3, 0.4) is 0 Å². The Morgan fingerprint density at radius 2 is 2.08 bits per heavy atom. The molecule has 0 saturated heterocycles. The lowest BCUT2D eigenvalue weighted by atomic mass is 10.1. The fourth-order valence-corrected chi connectivity index (χ4v) is 1.13. The quantitative estimate of drug-likeness (QED) is 0.460. The van der Waals surface area contributed by atoms with E-state index in [9.17, 15) is 5.11 Å². The van der Waals surface area contributed by atoms with E-state index in [0.717, 1.165) is 5.56 Å². The molecule has 0 saturated carbocycles. The Morgan fingerprint density at radius 1 is 1.46 bits per heavy atom. The third-order valence-electron chi connectivity index (χ3n) is 1.94. The molecule has 0 radical (unpaired) electrons. The fourth-order valence-electron chi connectivity index (χ4n) is 1.13. The van der Waals surface area contributed by atoms with E-state index < -0.39 is 6.23 Å². The lowest BCUT2D eigenvalue weighted by Gasteiger charge is -2.13. The third kappa shape index (κ3) is 1.91. The second kappa shape index (κ2) is 3.64. The first-order chi connectivity index (χ1) is 6.06. The maximum atomic E-state index is 9.21. The van der Waals surface area contributed by atoms with E-state index in [0.29, 0.717) is 17.0 Å². The summed E-state index contributed by atoms with van der Waals surface area (Å²) in [5.41, 5.74) is 13.1. The standard InChI is InChI=1S/C9H14N2O2/c1-5-3-6(9(11)12)8(13-2)4-7(5)10/h3-4,9,12H,10-11H2,1-2H3. The van der Waals surface area contributed by atoms with Gasteiger partial charge in [-0.1, -0.05) is 0 Å². The van der Waals surface area contributed by atoms with Crippen molar-refractivity contribution in [3.8, 4) is 5.75 Å². The van der Waals surface area contributed by atoms with Crippen LogP contribution in [-0.2, 0) is 0 Å². The van der Waals surface area contributed by atoms with Gasteiger partial charge in [-0.3, -0.25) is 0 Å². The van der Waals surface area contributed by atoms with Crippen LogP contribution in [0.4, 0.5) is 5.69 Å². The highest BCUT2D eigenvalue weighted by molar-refractivity contribution is 5.54. The maximum absolute atomic E-state index is 9.21. The molecule has 5 N–H and O–H groups in total. The Morgan fingerprint density at radius 3 is 2.54 bits per heavy atom. The molecule has 0 aromatic heterocycles. The minimum absolute atomic E-state index is 0.512. The molecule has 0 amide bonds. The Bertz CT molecular complexity index is 311. The van der Waals surface area contributed by atoms with Gasteiger partial charge in [0.15, 0.2) is 0 Å². The monoisotopic (exact) mass is 182 g/mol. The highest BCUT2D eigenvalue weighted by atomic mass is 16.5. The van der Waals surface area contributed by atoms with Gasteiger partial charge in [-0.2, -0.15) is 0 Å². The summed E-state index contributed by atoms with van der Waals surface area (Å²) in [4.78, 5) is 0. The number of rotatable bonds is 2. The number of aliphatic hydroxyl groups is 1. The summed E-state index contributed by atoms with van der Waals surface area (Å²) < 4.78 is 5.02. The van der Waals surface area contributed by atoms with Crippen molar-refractivity contribution in [2.75, 3.05) is 12.8 Å². The molecule has 4 heteroatoms. The van der Waals surface area contributed by atoms with Crippen molar-refractivity contribution in [1.82, 2.24) is 0 Å². The molecule has 72 valence electrons. The van der Waals surface area contributed by atoms with Gasteiger partial charge in [0.05, 0.1) is 7.11 Å². The van der Waals surface area contributed by atoms with Crippen LogP contribution in [-0.4, -0.2) is 12.2 Å². The Hall–Kier alpha value is -1.26. The lowest BCUT2D eigenvalue weighted by molar-refractivity contribution is 0.181. The second-order valence-corrected chi connectivity index (χ2v) is 2.90. The average molecular weight is 182 g/mol. The number of aliphatic hydroxyl groups excluding tert-OH is 1. The predicted octanol–water partition coefficient (Wildman–Crippen LogP) is 0.535. The molecule has 13 heavy (non-hydrogen) atoms. The molecule has 0 fully saturated rings. The summed E-state index contributed by atoms with van der Waals surface area (Å²) >= 11 is 0. The number of benzene rings is 1. The van der Waals surface area contributed by atoms with Crippen LogP contribution in [0, 0.1) is 6.92 Å². The van der Waals surface area contributed by atoms with E-state index >= 15 is 0 Å². The van der Waals surface area contributed by atoms with Crippen LogP contribution in [0.1, 0.15) is 17.4 Å². The number of hydrogen-bond acceptors (Lipinski definition) is 4. The van der Waals surface area contributed by atoms with E-state index in [1.165, 1.54) is 7.11 Å². The number of ether oxygens (including phenoxy) is 1. The zero-order valence-corrected chi connectivity index (χ0v) is 7.74. The molecule has 0 bridgehead atoms. The van der Waals surface area contributed by atoms with Gasteiger partial charge in [-0.05, 0) is 18.6 Å². The highest BCUT2D eigenvalue weighted by Crippen LogP contribution is 2.27. The zero-order chi connectivity index (χ0) is 10.0. The third-order valence-corrected chi connectivity index (χ3v) is 1.94. The Kier molecular flexibility index (Phi) is 2.75. The largest absolute Gasteiger partial charge is 0.496 e. The first-order valence-electron chi connectivity index (χ1n) is 3.94. The second-order valence-electron chi connectivity index (χ2n) is 2.90. The molecule has 0 spiro atoms. The van der Waals surface area contributed by atoms with Crippen molar-refractivity contribution in [2.45, 2.75) is 13.2 Å². The van der Waals surface area contributed by atoms with Crippen LogP contribution in [0.2, 0.25) is 0 Å². The molecule has 0 aliphatic carbocycles. The normalized spacial score (nSPS) is 12.6. The van der Waals surface area contributed by atoms with E-state index in [-0.39, 0.29) is 0 Å². The summed E-state index contributed by atoms with van der Waals surface area (Å²) in [5, 5.41) is 9.21. The van der Waals surface area contributed by atoms with Crippen molar-refractivity contribution in [1.29, 1.82) is 0 Å². The molecule has 0 aliphatic rings. The zero-order valence-electron chi connectivity index (χ0n) is 7.74. The van der Waals surface area contributed by atoms with Gasteiger partial charge in [0.2, 0.25) is 0 Å². The minimum atomic E-state index is -1.03. The van der Waals surface area contributed by atoms with E-state index in [1.807, 2.05) is 6.92 Å². The number of nitrogens with two attached hydrogens (primary N) is 2. The molecule has 1 atom stereocenters. The van der Waals surface area contributed by atoms with Gasteiger partial charge in [-0.15, -0.1) is 0 Å². The van der Waals surface area contributed by atoms with E-state index in [2.05, 4.69) is 0 Å². The maximum Gasteiger partial charge on any atom is 0.132 e. The Labute approximate surface area is 77.1 Å². The number of aryl methyl sites for hydroxylation is 1. The van der Waals surface area contributed by atoms with Crippen molar-refractivity contribution in [3.05, 3.63) is 23.3 Å². The first kappa shape index (κ1) is 9.83.